The molecule has 6 nitrogen and oxygen atoms in total. The molecule has 0 heterocycles. The fourth-order valence-electron chi connectivity index (χ4n) is 2.82. The van der Waals surface area contributed by atoms with Gasteiger partial charge < -0.3 is 10.1 Å². The maximum atomic E-state index is 11.9. The Hall–Kier alpha value is -1.60. The Morgan fingerprint density at radius 3 is 2.50 bits per heavy atom. The monoisotopic (exact) mass is 354 g/mol. The molecular formula is C17H26N2O4S. The van der Waals surface area contributed by atoms with E-state index in [0.717, 1.165) is 37.0 Å². The molecule has 1 saturated carbocycles. The van der Waals surface area contributed by atoms with E-state index in [0.29, 0.717) is 12.8 Å². The summed E-state index contributed by atoms with van der Waals surface area (Å²) < 4.78 is 31.7. The van der Waals surface area contributed by atoms with Crippen LogP contribution >= 0.6 is 0 Å². The highest BCUT2D eigenvalue weighted by atomic mass is 32.2. The number of methoxy groups -OCH3 is 1. The first kappa shape index (κ1) is 18.7. The number of hydrogen-bond donors (Lipinski definition) is 2. The maximum Gasteiger partial charge on any atom is 0.220 e. The second-order valence-corrected chi connectivity index (χ2v) is 7.99. The standard InChI is InChI=1S/C17H26N2O4S/c1-23-16-9-6-14(7-10-16)8-11-17(20)18-12-13-24(21,22)19-15-4-2-3-5-15/h6-7,9-10,15,19H,2-5,8,11-13H2,1H3,(H,18,20). The van der Waals surface area contributed by atoms with E-state index in [1.165, 1.54) is 0 Å². The topological polar surface area (TPSA) is 84.5 Å². The predicted molar refractivity (Wildman–Crippen MR) is 93.5 cm³/mol. The molecule has 0 bridgehead atoms. The lowest BCUT2D eigenvalue weighted by molar-refractivity contribution is -0.120. The molecule has 134 valence electrons. The van der Waals surface area contributed by atoms with Gasteiger partial charge in [-0.05, 0) is 37.0 Å². The van der Waals surface area contributed by atoms with Crippen molar-refractivity contribution in [3.8, 4) is 5.75 Å². The fraction of sp³-hybridized carbons (Fsp3) is 0.588. The Kier molecular flexibility index (Phi) is 7.05. The number of ether oxygens (including phenoxy) is 1. The SMILES string of the molecule is COc1ccc(CCC(=O)NCCS(=O)(=O)NC2CCCC2)cc1. The highest BCUT2D eigenvalue weighted by molar-refractivity contribution is 7.89. The average molecular weight is 354 g/mol. The van der Waals surface area contributed by atoms with Crippen LogP contribution in [0.5, 0.6) is 5.75 Å². The minimum atomic E-state index is -3.31. The lowest BCUT2D eigenvalue weighted by atomic mass is 10.1. The average Bonchev–Trinajstić information content (AvgIpc) is 3.05. The second-order valence-electron chi connectivity index (χ2n) is 6.12. The van der Waals surface area contributed by atoms with E-state index in [1.54, 1.807) is 7.11 Å². The summed E-state index contributed by atoms with van der Waals surface area (Å²) >= 11 is 0. The molecule has 0 unspecified atom stereocenters. The normalized spacial score (nSPS) is 15.4. The molecule has 1 amide bonds. The van der Waals surface area contributed by atoms with Crippen molar-refractivity contribution in [3.05, 3.63) is 29.8 Å². The van der Waals surface area contributed by atoms with Gasteiger partial charge in [0.15, 0.2) is 0 Å². The molecule has 0 radical (unpaired) electrons. The third kappa shape index (κ3) is 6.49. The first-order chi connectivity index (χ1) is 11.5. The molecule has 1 aliphatic carbocycles. The molecular weight excluding hydrogens is 328 g/mol. The number of benzene rings is 1. The molecule has 2 N–H and O–H groups in total. The largest absolute Gasteiger partial charge is 0.497 e. The third-order valence-electron chi connectivity index (χ3n) is 4.19. The zero-order chi connectivity index (χ0) is 17.4. The zero-order valence-electron chi connectivity index (χ0n) is 14.1. The number of carbonyl (C=O) groups excluding carboxylic acids is 1. The number of carbonyl (C=O) groups is 1. The minimum Gasteiger partial charge on any atom is -0.497 e. The van der Waals surface area contributed by atoms with Crippen LogP contribution in [-0.2, 0) is 21.2 Å². The van der Waals surface area contributed by atoms with Crippen molar-refractivity contribution in [3.63, 3.8) is 0 Å². The van der Waals surface area contributed by atoms with Crippen LogP contribution in [0.25, 0.3) is 0 Å². The number of amides is 1. The number of aryl methyl sites for hydroxylation is 1. The Bertz CT molecular complexity index is 622. The highest BCUT2D eigenvalue weighted by Crippen LogP contribution is 2.18. The molecule has 0 aliphatic heterocycles. The van der Waals surface area contributed by atoms with Crippen LogP contribution in [0.1, 0.15) is 37.7 Å². The Morgan fingerprint density at radius 1 is 1.21 bits per heavy atom. The van der Waals surface area contributed by atoms with Gasteiger partial charge in [-0.15, -0.1) is 0 Å². The molecule has 1 aromatic carbocycles. The summed E-state index contributed by atoms with van der Waals surface area (Å²) in [4.78, 5) is 11.8. The molecule has 1 aliphatic rings. The van der Waals surface area contributed by atoms with Gasteiger partial charge in [0, 0.05) is 19.0 Å². The van der Waals surface area contributed by atoms with Gasteiger partial charge in [0.1, 0.15) is 5.75 Å². The molecule has 1 fully saturated rings. The summed E-state index contributed by atoms with van der Waals surface area (Å²) in [5, 5.41) is 2.67. The van der Waals surface area contributed by atoms with Gasteiger partial charge in [-0.25, -0.2) is 13.1 Å². The van der Waals surface area contributed by atoms with Gasteiger partial charge >= 0.3 is 0 Å². The Labute approximate surface area is 144 Å². The number of sulfonamides is 1. The highest BCUT2D eigenvalue weighted by Gasteiger charge is 2.21. The quantitative estimate of drug-likeness (QED) is 0.705. The molecule has 0 atom stereocenters. The van der Waals surface area contributed by atoms with Crippen molar-refractivity contribution >= 4 is 15.9 Å². The van der Waals surface area contributed by atoms with Crippen LogP contribution in [-0.4, -0.2) is 39.8 Å². The molecule has 1 aromatic rings. The van der Waals surface area contributed by atoms with E-state index >= 15 is 0 Å². The summed E-state index contributed by atoms with van der Waals surface area (Å²) in [5.74, 6) is 0.572. The molecule has 0 saturated heterocycles. The van der Waals surface area contributed by atoms with Crippen molar-refractivity contribution in [2.24, 2.45) is 0 Å². The van der Waals surface area contributed by atoms with Gasteiger partial charge in [-0.2, -0.15) is 0 Å². The van der Waals surface area contributed by atoms with Crippen LogP contribution in [0.3, 0.4) is 0 Å². The van der Waals surface area contributed by atoms with Crippen LogP contribution < -0.4 is 14.8 Å². The van der Waals surface area contributed by atoms with Crippen molar-refractivity contribution in [2.45, 2.75) is 44.6 Å². The number of hydrogen-bond acceptors (Lipinski definition) is 4. The Balaban J connectivity index is 1.65. The van der Waals surface area contributed by atoms with Crippen molar-refractivity contribution < 1.29 is 17.9 Å². The Morgan fingerprint density at radius 2 is 1.88 bits per heavy atom. The van der Waals surface area contributed by atoms with E-state index in [2.05, 4.69) is 10.0 Å². The van der Waals surface area contributed by atoms with Gasteiger partial charge in [-0.1, -0.05) is 25.0 Å². The van der Waals surface area contributed by atoms with Gasteiger partial charge in [0.25, 0.3) is 0 Å². The summed E-state index contributed by atoms with van der Waals surface area (Å²) in [7, 11) is -1.70. The van der Waals surface area contributed by atoms with Gasteiger partial charge in [0.05, 0.1) is 12.9 Å². The lowest BCUT2D eigenvalue weighted by Gasteiger charge is -2.12. The van der Waals surface area contributed by atoms with E-state index < -0.39 is 10.0 Å². The van der Waals surface area contributed by atoms with Crippen molar-refractivity contribution in [1.29, 1.82) is 0 Å². The smallest absolute Gasteiger partial charge is 0.220 e. The molecule has 7 heteroatoms. The van der Waals surface area contributed by atoms with E-state index in [4.69, 9.17) is 4.74 Å². The zero-order valence-corrected chi connectivity index (χ0v) is 14.9. The second kappa shape index (κ2) is 9.03. The third-order valence-corrected chi connectivity index (χ3v) is 5.63. The molecule has 24 heavy (non-hydrogen) atoms. The van der Waals surface area contributed by atoms with Crippen LogP contribution in [0.2, 0.25) is 0 Å². The maximum absolute atomic E-state index is 11.9. The van der Waals surface area contributed by atoms with Crippen LogP contribution in [0, 0.1) is 0 Å². The summed E-state index contributed by atoms with van der Waals surface area (Å²) in [6, 6.07) is 7.62. The molecule has 0 aromatic heterocycles. The van der Waals surface area contributed by atoms with E-state index in [1.807, 2.05) is 24.3 Å². The minimum absolute atomic E-state index is 0.0702. The van der Waals surface area contributed by atoms with Crippen molar-refractivity contribution in [1.82, 2.24) is 10.0 Å². The van der Waals surface area contributed by atoms with Crippen molar-refractivity contribution in [2.75, 3.05) is 19.4 Å². The van der Waals surface area contributed by atoms with Gasteiger partial charge in [0.2, 0.25) is 15.9 Å². The van der Waals surface area contributed by atoms with Crippen LogP contribution in [0.15, 0.2) is 24.3 Å². The number of nitrogens with one attached hydrogen (secondary N) is 2. The summed E-state index contributed by atoms with van der Waals surface area (Å²) in [6.45, 7) is 0.142. The van der Waals surface area contributed by atoms with E-state index in [9.17, 15) is 13.2 Å². The fourth-order valence-corrected chi connectivity index (χ4v) is 4.05. The first-order valence-electron chi connectivity index (χ1n) is 8.38. The molecule has 2 rings (SSSR count). The summed E-state index contributed by atoms with van der Waals surface area (Å²) in [5.41, 5.74) is 1.04. The lowest BCUT2D eigenvalue weighted by Crippen LogP contribution is -2.38. The summed E-state index contributed by atoms with van der Waals surface area (Å²) in [6.07, 6.45) is 4.93. The first-order valence-corrected chi connectivity index (χ1v) is 10.0. The molecule has 0 spiro atoms. The van der Waals surface area contributed by atoms with Gasteiger partial charge in [-0.3, -0.25) is 4.79 Å². The van der Waals surface area contributed by atoms with Crippen LogP contribution in [0.4, 0.5) is 0 Å². The predicted octanol–water partition coefficient (Wildman–Crippen LogP) is 1.61. The number of rotatable bonds is 9. The van der Waals surface area contributed by atoms with E-state index in [-0.39, 0.29) is 24.2 Å².